The molecule has 0 amide bonds. The summed E-state index contributed by atoms with van der Waals surface area (Å²) in [7, 11) is 0. The Labute approximate surface area is 169 Å². The zero-order valence-corrected chi connectivity index (χ0v) is 17.4. The molecule has 1 unspecified atom stereocenters. The van der Waals surface area contributed by atoms with Gasteiger partial charge in [0, 0.05) is 32.1 Å². The largest absolute Gasteiger partial charge is 0.396 e. The van der Waals surface area contributed by atoms with Crippen molar-refractivity contribution in [2.75, 3.05) is 19.7 Å². The molecule has 6 heteroatoms. The molecule has 0 aliphatic carbocycles. The Morgan fingerprint density at radius 2 is 1.96 bits per heavy atom. The van der Waals surface area contributed by atoms with E-state index in [1.807, 2.05) is 16.9 Å². The fourth-order valence-corrected chi connectivity index (χ4v) is 3.33. The average Bonchev–Trinajstić information content (AvgIpc) is 3.18. The first kappa shape index (κ1) is 22.0. The van der Waals surface area contributed by atoms with Crippen LogP contribution in [0.15, 0.2) is 47.7 Å². The van der Waals surface area contributed by atoms with E-state index in [9.17, 15) is 5.11 Å². The van der Waals surface area contributed by atoms with Crippen molar-refractivity contribution in [3.63, 3.8) is 0 Å². The summed E-state index contributed by atoms with van der Waals surface area (Å²) >= 11 is 0. The number of hydrogen-bond acceptors (Lipinski definition) is 3. The van der Waals surface area contributed by atoms with E-state index in [2.05, 4.69) is 60.8 Å². The third-order valence-corrected chi connectivity index (χ3v) is 4.66. The summed E-state index contributed by atoms with van der Waals surface area (Å²) in [5, 5.41) is 20.4. The molecular formula is C22H35N5O. The van der Waals surface area contributed by atoms with Gasteiger partial charge in [0.25, 0.3) is 0 Å². The lowest BCUT2D eigenvalue weighted by molar-refractivity contribution is 0.243. The molecule has 0 spiro atoms. The molecule has 2 aromatic rings. The van der Waals surface area contributed by atoms with Crippen molar-refractivity contribution in [1.82, 2.24) is 20.4 Å². The Balaban J connectivity index is 2.01. The highest BCUT2D eigenvalue weighted by atomic mass is 16.3. The van der Waals surface area contributed by atoms with Crippen LogP contribution in [0.5, 0.6) is 0 Å². The number of nitrogens with zero attached hydrogens (tertiary/aromatic N) is 3. The van der Waals surface area contributed by atoms with Crippen molar-refractivity contribution in [3.8, 4) is 0 Å². The minimum atomic E-state index is 0.230. The molecule has 0 radical (unpaired) electrons. The minimum Gasteiger partial charge on any atom is -0.396 e. The van der Waals surface area contributed by atoms with E-state index in [-0.39, 0.29) is 6.61 Å². The second kappa shape index (κ2) is 12.2. The van der Waals surface area contributed by atoms with Crippen LogP contribution in [0.1, 0.15) is 44.7 Å². The highest BCUT2D eigenvalue weighted by Gasteiger charge is 2.11. The van der Waals surface area contributed by atoms with Crippen LogP contribution in [0.4, 0.5) is 0 Å². The van der Waals surface area contributed by atoms with E-state index in [1.54, 1.807) is 6.20 Å². The lowest BCUT2D eigenvalue weighted by atomic mass is 9.94. The van der Waals surface area contributed by atoms with Crippen LogP contribution in [0.3, 0.4) is 0 Å². The molecule has 0 fully saturated rings. The van der Waals surface area contributed by atoms with Crippen LogP contribution in [-0.4, -0.2) is 40.5 Å². The number of aliphatic hydroxyl groups is 1. The number of aliphatic imine (C=N–C) groups is 1. The number of aliphatic hydroxyl groups excluding tert-OH is 1. The first-order chi connectivity index (χ1) is 13.6. The predicted octanol–water partition coefficient (Wildman–Crippen LogP) is 3.03. The van der Waals surface area contributed by atoms with Gasteiger partial charge in [-0.25, -0.2) is 4.99 Å². The van der Waals surface area contributed by atoms with Gasteiger partial charge in [0.2, 0.25) is 0 Å². The zero-order chi connectivity index (χ0) is 20.2. The summed E-state index contributed by atoms with van der Waals surface area (Å²) in [5.41, 5.74) is 2.42. The first-order valence-corrected chi connectivity index (χ1v) is 10.3. The van der Waals surface area contributed by atoms with Crippen LogP contribution in [0.2, 0.25) is 0 Å². The topological polar surface area (TPSA) is 74.5 Å². The van der Waals surface area contributed by atoms with Gasteiger partial charge < -0.3 is 15.7 Å². The summed E-state index contributed by atoms with van der Waals surface area (Å²) in [5.74, 6) is 1.89. The van der Waals surface area contributed by atoms with Crippen molar-refractivity contribution in [2.45, 2.75) is 46.7 Å². The molecule has 0 aliphatic rings. The van der Waals surface area contributed by atoms with Crippen LogP contribution in [0, 0.1) is 11.8 Å². The molecule has 0 aliphatic heterocycles. The SMILES string of the molecule is CCNC(=NCc1ccccc1Cn1cccn1)NCC(CCO)CC(C)C. The van der Waals surface area contributed by atoms with Gasteiger partial charge in [0.1, 0.15) is 0 Å². The van der Waals surface area contributed by atoms with Crippen molar-refractivity contribution in [3.05, 3.63) is 53.9 Å². The van der Waals surface area contributed by atoms with E-state index >= 15 is 0 Å². The molecule has 28 heavy (non-hydrogen) atoms. The van der Waals surface area contributed by atoms with Gasteiger partial charge in [-0.1, -0.05) is 38.1 Å². The molecule has 1 aromatic heterocycles. The van der Waals surface area contributed by atoms with Crippen molar-refractivity contribution >= 4 is 5.96 Å². The fourth-order valence-electron chi connectivity index (χ4n) is 3.33. The molecule has 0 saturated carbocycles. The quantitative estimate of drug-likeness (QED) is 0.411. The molecule has 1 heterocycles. The zero-order valence-electron chi connectivity index (χ0n) is 17.4. The summed E-state index contributed by atoms with van der Waals surface area (Å²) in [6.45, 7) is 9.74. The van der Waals surface area contributed by atoms with Crippen molar-refractivity contribution < 1.29 is 5.11 Å². The summed E-state index contributed by atoms with van der Waals surface area (Å²) in [6.07, 6.45) is 5.69. The van der Waals surface area contributed by atoms with Crippen molar-refractivity contribution in [1.29, 1.82) is 0 Å². The number of rotatable bonds is 11. The van der Waals surface area contributed by atoms with E-state index < -0.39 is 0 Å². The maximum absolute atomic E-state index is 9.33. The van der Waals surface area contributed by atoms with Crippen molar-refractivity contribution in [2.24, 2.45) is 16.8 Å². The third kappa shape index (κ3) is 7.72. The Morgan fingerprint density at radius 3 is 2.61 bits per heavy atom. The van der Waals surface area contributed by atoms with Crippen LogP contribution >= 0.6 is 0 Å². The molecule has 6 nitrogen and oxygen atoms in total. The second-order valence-electron chi connectivity index (χ2n) is 7.56. The lowest BCUT2D eigenvalue weighted by Gasteiger charge is -2.20. The fraction of sp³-hybridized carbons (Fsp3) is 0.545. The first-order valence-electron chi connectivity index (χ1n) is 10.3. The smallest absolute Gasteiger partial charge is 0.191 e. The third-order valence-electron chi connectivity index (χ3n) is 4.66. The number of guanidine groups is 1. The highest BCUT2D eigenvalue weighted by molar-refractivity contribution is 5.79. The number of benzene rings is 1. The highest BCUT2D eigenvalue weighted by Crippen LogP contribution is 2.14. The van der Waals surface area contributed by atoms with E-state index in [1.165, 1.54) is 11.1 Å². The molecule has 0 saturated heterocycles. The normalized spacial score (nSPS) is 13.0. The van der Waals surface area contributed by atoms with E-state index in [4.69, 9.17) is 4.99 Å². The molecule has 0 bridgehead atoms. The second-order valence-corrected chi connectivity index (χ2v) is 7.56. The Kier molecular flexibility index (Phi) is 9.55. The molecule has 1 atom stereocenters. The molecule has 1 aromatic carbocycles. The van der Waals surface area contributed by atoms with Gasteiger partial charge in [-0.2, -0.15) is 5.10 Å². The van der Waals surface area contributed by atoms with Gasteiger partial charge in [0.05, 0.1) is 13.1 Å². The monoisotopic (exact) mass is 385 g/mol. The van der Waals surface area contributed by atoms with Gasteiger partial charge in [0.15, 0.2) is 5.96 Å². The standard InChI is InChI=1S/C22H35N5O/c1-4-23-22(24-15-19(10-13-28)14-18(2)3)25-16-20-8-5-6-9-21(20)17-27-12-7-11-26-27/h5-9,11-12,18-19,28H,4,10,13-17H2,1-3H3,(H2,23,24,25). The Hall–Kier alpha value is -2.34. The summed E-state index contributed by atoms with van der Waals surface area (Å²) < 4.78 is 1.93. The lowest BCUT2D eigenvalue weighted by Crippen LogP contribution is -2.40. The number of aromatic nitrogens is 2. The van der Waals surface area contributed by atoms with Gasteiger partial charge in [-0.05, 0) is 48.8 Å². The maximum Gasteiger partial charge on any atom is 0.191 e. The van der Waals surface area contributed by atoms with Crippen LogP contribution in [-0.2, 0) is 13.1 Å². The average molecular weight is 386 g/mol. The Morgan fingerprint density at radius 1 is 1.18 bits per heavy atom. The van der Waals surface area contributed by atoms with Gasteiger partial charge >= 0.3 is 0 Å². The van der Waals surface area contributed by atoms with E-state index in [0.717, 1.165) is 38.4 Å². The number of nitrogens with one attached hydrogen (secondary N) is 2. The van der Waals surface area contributed by atoms with Crippen LogP contribution in [0.25, 0.3) is 0 Å². The summed E-state index contributed by atoms with van der Waals surface area (Å²) in [6, 6.07) is 10.3. The van der Waals surface area contributed by atoms with E-state index in [0.29, 0.717) is 18.4 Å². The van der Waals surface area contributed by atoms with Gasteiger partial charge in [-0.15, -0.1) is 0 Å². The molecule has 2 rings (SSSR count). The van der Waals surface area contributed by atoms with Crippen LogP contribution < -0.4 is 10.6 Å². The minimum absolute atomic E-state index is 0.230. The molecule has 3 N–H and O–H groups in total. The van der Waals surface area contributed by atoms with Gasteiger partial charge in [-0.3, -0.25) is 4.68 Å². The molecule has 154 valence electrons. The molecular weight excluding hydrogens is 350 g/mol. The maximum atomic E-state index is 9.33. The summed E-state index contributed by atoms with van der Waals surface area (Å²) in [4.78, 5) is 4.79. The predicted molar refractivity (Wildman–Crippen MR) is 115 cm³/mol. The number of hydrogen-bond donors (Lipinski definition) is 3. The Bertz CT molecular complexity index is 697.